The van der Waals surface area contributed by atoms with Crippen molar-refractivity contribution in [3.8, 4) is 0 Å². The maximum Gasteiger partial charge on any atom is 0.00739 e. The smallest absolute Gasteiger partial charge is 0.00739 e. The Labute approximate surface area is 54.3 Å². The predicted octanol–water partition coefficient (Wildman–Crippen LogP) is 3.04. The molecule has 0 unspecified atom stereocenters. The summed E-state index contributed by atoms with van der Waals surface area (Å²) < 4.78 is 0. The monoisotopic (exact) mass is 148 g/mol. The van der Waals surface area contributed by atoms with Crippen molar-refractivity contribution in [2.45, 2.75) is 12.8 Å². The molecule has 7 heavy (non-hydrogen) atoms. The van der Waals surface area contributed by atoms with E-state index in [0.717, 1.165) is 0 Å². The van der Waals surface area contributed by atoms with Crippen LogP contribution < -0.4 is 0 Å². The van der Waals surface area contributed by atoms with Crippen LogP contribution in [0, 0.1) is 0 Å². The highest BCUT2D eigenvalue weighted by Crippen LogP contribution is 2.61. The molecule has 2 aliphatic rings. The van der Waals surface area contributed by atoms with Crippen LogP contribution in [-0.4, -0.2) is 0 Å². The first-order chi connectivity index (χ1) is 3.47. The summed E-state index contributed by atoms with van der Waals surface area (Å²) >= 11 is 0. The first kappa shape index (κ1) is 4.65. The van der Waals surface area contributed by atoms with Gasteiger partial charge in [0, 0.05) is 9.81 Å². The summed E-state index contributed by atoms with van der Waals surface area (Å²) in [5, 5.41) is 0. The molecule has 0 N–H and O–H groups in total. The molecule has 0 radical (unpaired) electrons. The molecule has 0 nitrogen and oxygen atoms in total. The SMILES string of the molecule is C1CC2=C1SSS2. The van der Waals surface area contributed by atoms with E-state index in [1.54, 1.807) is 9.81 Å². The average molecular weight is 148 g/mol. The topological polar surface area (TPSA) is 0 Å². The Balaban J connectivity index is 2.29. The number of hydrogen-bond donors (Lipinski definition) is 0. The molecule has 38 valence electrons. The van der Waals surface area contributed by atoms with E-state index in [0.29, 0.717) is 0 Å². The molecule has 0 atom stereocenters. The van der Waals surface area contributed by atoms with Crippen LogP contribution in [0.2, 0.25) is 0 Å². The Morgan fingerprint density at radius 1 is 1.00 bits per heavy atom. The second kappa shape index (κ2) is 1.64. The van der Waals surface area contributed by atoms with Gasteiger partial charge in [0.25, 0.3) is 0 Å². The van der Waals surface area contributed by atoms with Crippen LogP contribution in [0.25, 0.3) is 0 Å². The van der Waals surface area contributed by atoms with Crippen LogP contribution in [0.4, 0.5) is 0 Å². The Morgan fingerprint density at radius 2 is 1.57 bits per heavy atom. The van der Waals surface area contributed by atoms with Gasteiger partial charge in [-0.3, -0.25) is 0 Å². The fraction of sp³-hybridized carbons (Fsp3) is 0.500. The van der Waals surface area contributed by atoms with Gasteiger partial charge in [0.05, 0.1) is 0 Å². The highest BCUT2D eigenvalue weighted by molar-refractivity contribution is 9.12. The standard InChI is InChI=1S/C4H4S3/c1-2-4-3(1)5-7-6-4/h1-2H2. The zero-order chi connectivity index (χ0) is 4.69. The molecule has 0 fully saturated rings. The second-order valence-electron chi connectivity index (χ2n) is 1.58. The summed E-state index contributed by atoms with van der Waals surface area (Å²) in [7, 11) is 5.81. The lowest BCUT2D eigenvalue weighted by atomic mass is 10.1. The minimum Gasteiger partial charge on any atom is -0.0494 e. The summed E-state index contributed by atoms with van der Waals surface area (Å²) in [6.45, 7) is 0. The van der Waals surface area contributed by atoms with Gasteiger partial charge < -0.3 is 0 Å². The zero-order valence-electron chi connectivity index (χ0n) is 3.64. The molecular formula is C4H4S3. The van der Waals surface area contributed by atoms with Crippen molar-refractivity contribution in [3.05, 3.63) is 9.81 Å². The van der Waals surface area contributed by atoms with Gasteiger partial charge in [0.15, 0.2) is 0 Å². The molecule has 0 saturated carbocycles. The lowest BCUT2D eigenvalue weighted by Gasteiger charge is -2.10. The summed E-state index contributed by atoms with van der Waals surface area (Å²) in [6.07, 6.45) is 2.72. The molecule has 1 aliphatic heterocycles. The summed E-state index contributed by atoms with van der Waals surface area (Å²) in [5.74, 6) is 0. The number of rotatable bonds is 0. The zero-order valence-corrected chi connectivity index (χ0v) is 6.09. The third-order valence-corrected chi connectivity index (χ3v) is 5.57. The van der Waals surface area contributed by atoms with E-state index in [1.807, 2.05) is 31.4 Å². The third kappa shape index (κ3) is 0.625. The largest absolute Gasteiger partial charge is 0.0494 e. The molecule has 0 amide bonds. The van der Waals surface area contributed by atoms with Crippen LogP contribution in [0.5, 0.6) is 0 Å². The van der Waals surface area contributed by atoms with Crippen molar-refractivity contribution in [2.24, 2.45) is 0 Å². The fourth-order valence-electron chi connectivity index (χ4n) is 0.605. The van der Waals surface area contributed by atoms with Gasteiger partial charge in [0.1, 0.15) is 0 Å². The molecule has 1 heterocycles. The van der Waals surface area contributed by atoms with E-state index in [9.17, 15) is 0 Å². The van der Waals surface area contributed by atoms with Gasteiger partial charge >= 0.3 is 0 Å². The highest BCUT2D eigenvalue weighted by atomic mass is 33.5. The number of allylic oxidation sites excluding steroid dienone is 2. The molecule has 0 bridgehead atoms. The van der Waals surface area contributed by atoms with Gasteiger partial charge in [0.2, 0.25) is 0 Å². The molecule has 0 spiro atoms. The van der Waals surface area contributed by atoms with Crippen LogP contribution in [-0.2, 0) is 0 Å². The van der Waals surface area contributed by atoms with Crippen LogP contribution in [0.15, 0.2) is 9.81 Å². The molecule has 0 aromatic carbocycles. The van der Waals surface area contributed by atoms with Crippen molar-refractivity contribution >= 4 is 31.4 Å². The van der Waals surface area contributed by atoms with Crippen molar-refractivity contribution in [2.75, 3.05) is 0 Å². The maximum atomic E-state index is 1.95. The lowest BCUT2D eigenvalue weighted by molar-refractivity contribution is 0.926. The minimum absolute atomic E-state index is 1.36. The molecule has 2 rings (SSSR count). The van der Waals surface area contributed by atoms with Gasteiger partial charge in [-0.2, -0.15) is 0 Å². The van der Waals surface area contributed by atoms with Gasteiger partial charge in [-0.05, 0) is 44.3 Å². The van der Waals surface area contributed by atoms with E-state index in [4.69, 9.17) is 0 Å². The number of hydrogen-bond acceptors (Lipinski definition) is 3. The maximum absolute atomic E-state index is 1.95. The summed E-state index contributed by atoms with van der Waals surface area (Å²) in [4.78, 5) is 3.30. The highest BCUT2D eigenvalue weighted by Gasteiger charge is 2.24. The van der Waals surface area contributed by atoms with E-state index < -0.39 is 0 Å². The van der Waals surface area contributed by atoms with Crippen LogP contribution in [0.1, 0.15) is 12.8 Å². The van der Waals surface area contributed by atoms with Crippen molar-refractivity contribution in [1.29, 1.82) is 0 Å². The van der Waals surface area contributed by atoms with Crippen molar-refractivity contribution < 1.29 is 0 Å². The van der Waals surface area contributed by atoms with Gasteiger partial charge in [-0.15, -0.1) is 0 Å². The van der Waals surface area contributed by atoms with Crippen molar-refractivity contribution in [3.63, 3.8) is 0 Å². The second-order valence-corrected chi connectivity index (χ2v) is 5.67. The summed E-state index contributed by atoms with van der Waals surface area (Å²) in [6, 6.07) is 0. The third-order valence-electron chi connectivity index (χ3n) is 1.16. The van der Waals surface area contributed by atoms with E-state index >= 15 is 0 Å². The Bertz CT molecular complexity index is 113. The predicted molar refractivity (Wildman–Crippen MR) is 39.0 cm³/mol. The Hall–Kier alpha value is 0.790. The van der Waals surface area contributed by atoms with Crippen molar-refractivity contribution in [1.82, 2.24) is 0 Å². The molecular weight excluding hydrogens is 144 g/mol. The van der Waals surface area contributed by atoms with Gasteiger partial charge in [-0.25, -0.2) is 0 Å². The van der Waals surface area contributed by atoms with Crippen LogP contribution in [0.3, 0.4) is 0 Å². The van der Waals surface area contributed by atoms with Crippen LogP contribution >= 0.6 is 31.4 Å². The average Bonchev–Trinajstić information content (AvgIpc) is 1.85. The Morgan fingerprint density at radius 3 is 1.86 bits per heavy atom. The fourth-order valence-corrected chi connectivity index (χ4v) is 5.61. The lowest BCUT2D eigenvalue weighted by Crippen LogP contribution is -1.90. The van der Waals surface area contributed by atoms with E-state index in [-0.39, 0.29) is 0 Å². The minimum atomic E-state index is 1.36. The normalized spacial score (nSPS) is 27.4. The van der Waals surface area contributed by atoms with E-state index in [2.05, 4.69) is 0 Å². The first-order valence-corrected chi connectivity index (χ1v) is 5.68. The van der Waals surface area contributed by atoms with Gasteiger partial charge in [-0.1, -0.05) is 0 Å². The molecule has 0 saturated heterocycles. The van der Waals surface area contributed by atoms with E-state index in [1.165, 1.54) is 12.8 Å². The molecule has 0 aromatic heterocycles. The summed E-state index contributed by atoms with van der Waals surface area (Å²) in [5.41, 5.74) is 0. The first-order valence-electron chi connectivity index (χ1n) is 2.20. The molecule has 3 heteroatoms. The Kier molecular flexibility index (Phi) is 1.09. The molecule has 1 aliphatic carbocycles. The quantitative estimate of drug-likeness (QED) is 0.485. The molecule has 0 aromatic rings.